The molecule has 1 fully saturated rings. The number of carbonyl (C=O) groups is 3. The van der Waals surface area contributed by atoms with Gasteiger partial charge in [-0.15, -0.1) is 0 Å². The molecule has 1 aliphatic rings. The first-order valence-electron chi connectivity index (χ1n) is 9.93. The quantitative estimate of drug-likeness (QED) is 0.764. The van der Waals surface area contributed by atoms with Gasteiger partial charge in [0.05, 0.1) is 0 Å². The Morgan fingerprint density at radius 3 is 2.38 bits per heavy atom. The van der Waals surface area contributed by atoms with Crippen LogP contribution in [0.4, 0.5) is 0 Å². The van der Waals surface area contributed by atoms with Crippen molar-refractivity contribution in [2.75, 3.05) is 19.7 Å². The summed E-state index contributed by atoms with van der Waals surface area (Å²) in [5.74, 6) is -1.18. The molecule has 1 N–H and O–H groups in total. The fraction of sp³-hybridized carbons (Fsp3) is 0.348. The van der Waals surface area contributed by atoms with Crippen molar-refractivity contribution in [3.05, 3.63) is 60.2 Å². The van der Waals surface area contributed by atoms with Crippen LogP contribution < -0.4 is 5.32 Å². The lowest BCUT2D eigenvalue weighted by molar-refractivity contribution is -0.152. The minimum atomic E-state index is -0.628. The highest BCUT2D eigenvalue weighted by Gasteiger charge is 2.23. The predicted molar refractivity (Wildman–Crippen MR) is 110 cm³/mol. The minimum absolute atomic E-state index is 0.175. The molecule has 0 unspecified atom stereocenters. The van der Waals surface area contributed by atoms with Gasteiger partial charge in [0.2, 0.25) is 0 Å². The molecule has 1 aliphatic heterocycles. The zero-order valence-electron chi connectivity index (χ0n) is 16.6. The van der Waals surface area contributed by atoms with Crippen molar-refractivity contribution in [3.8, 4) is 11.1 Å². The van der Waals surface area contributed by atoms with Gasteiger partial charge in [-0.1, -0.05) is 42.5 Å². The van der Waals surface area contributed by atoms with Gasteiger partial charge in [0.1, 0.15) is 6.54 Å². The Morgan fingerprint density at radius 1 is 1.00 bits per heavy atom. The molecule has 1 heterocycles. The summed E-state index contributed by atoms with van der Waals surface area (Å²) in [6.07, 6.45) is 3.06. The van der Waals surface area contributed by atoms with E-state index in [1.807, 2.05) is 49.4 Å². The largest absolute Gasteiger partial charge is 0.454 e. The molecule has 2 aromatic carbocycles. The third-order valence-electron chi connectivity index (χ3n) is 5.13. The second kappa shape index (κ2) is 9.87. The first-order chi connectivity index (χ1) is 14.0. The lowest BCUT2D eigenvalue weighted by atomic mass is 10.0. The van der Waals surface area contributed by atoms with Gasteiger partial charge in [-0.2, -0.15) is 0 Å². The molecule has 2 aromatic rings. The van der Waals surface area contributed by atoms with Crippen molar-refractivity contribution in [1.82, 2.24) is 10.2 Å². The number of rotatable bonds is 6. The number of amides is 2. The van der Waals surface area contributed by atoms with Crippen molar-refractivity contribution >= 4 is 17.8 Å². The number of benzene rings is 2. The van der Waals surface area contributed by atoms with Crippen molar-refractivity contribution in [2.45, 2.75) is 32.2 Å². The molecule has 0 bridgehead atoms. The van der Waals surface area contributed by atoms with E-state index in [9.17, 15) is 14.4 Å². The molecule has 6 nitrogen and oxygen atoms in total. The lowest BCUT2D eigenvalue weighted by Gasteiger charge is -2.33. The van der Waals surface area contributed by atoms with E-state index in [0.29, 0.717) is 12.1 Å². The summed E-state index contributed by atoms with van der Waals surface area (Å²) in [6.45, 7) is 2.14. The van der Waals surface area contributed by atoms with Crippen LogP contribution in [0.25, 0.3) is 11.1 Å². The Kier molecular flexibility index (Phi) is 7.00. The average molecular weight is 394 g/mol. The molecule has 0 spiro atoms. The van der Waals surface area contributed by atoms with E-state index in [-0.39, 0.29) is 31.0 Å². The summed E-state index contributed by atoms with van der Waals surface area (Å²) < 4.78 is 5.02. The van der Waals surface area contributed by atoms with Gasteiger partial charge in [-0.25, -0.2) is 0 Å². The van der Waals surface area contributed by atoms with Crippen LogP contribution in [0.5, 0.6) is 0 Å². The van der Waals surface area contributed by atoms with Gasteiger partial charge >= 0.3 is 5.97 Å². The highest BCUT2D eigenvalue weighted by Crippen LogP contribution is 2.19. The number of likely N-dealkylation sites (tertiary alicyclic amines) is 1. The number of hydrogen-bond acceptors (Lipinski definition) is 4. The molecule has 0 aliphatic carbocycles. The van der Waals surface area contributed by atoms with Gasteiger partial charge in [0, 0.05) is 18.2 Å². The van der Waals surface area contributed by atoms with E-state index in [4.69, 9.17) is 4.74 Å². The summed E-state index contributed by atoms with van der Waals surface area (Å²) in [5, 5.41) is 2.53. The van der Waals surface area contributed by atoms with Crippen LogP contribution in [0.1, 0.15) is 36.5 Å². The summed E-state index contributed by atoms with van der Waals surface area (Å²) in [4.78, 5) is 38.0. The van der Waals surface area contributed by atoms with Gasteiger partial charge in [0.25, 0.3) is 11.8 Å². The van der Waals surface area contributed by atoms with Crippen molar-refractivity contribution < 1.29 is 19.1 Å². The van der Waals surface area contributed by atoms with Crippen LogP contribution in [-0.4, -0.2) is 48.4 Å². The van der Waals surface area contributed by atoms with Crippen LogP contribution in [0.15, 0.2) is 54.6 Å². The Morgan fingerprint density at radius 2 is 1.69 bits per heavy atom. The van der Waals surface area contributed by atoms with Gasteiger partial charge < -0.3 is 15.0 Å². The van der Waals surface area contributed by atoms with Crippen LogP contribution in [-0.2, 0) is 14.3 Å². The number of piperidine rings is 1. The molecule has 152 valence electrons. The van der Waals surface area contributed by atoms with Crippen LogP contribution >= 0.6 is 0 Å². The SMILES string of the molecule is C[C@H]1CCCCN1C(=O)COC(=O)CNC(=O)c1ccc(-c2ccccc2)cc1. The van der Waals surface area contributed by atoms with Crippen molar-refractivity contribution in [2.24, 2.45) is 0 Å². The number of hydrogen-bond donors (Lipinski definition) is 1. The van der Waals surface area contributed by atoms with Gasteiger partial charge in [-0.05, 0) is 49.4 Å². The summed E-state index contributed by atoms with van der Waals surface area (Å²) in [6, 6.07) is 17.2. The van der Waals surface area contributed by atoms with E-state index >= 15 is 0 Å². The average Bonchev–Trinajstić information content (AvgIpc) is 2.77. The topological polar surface area (TPSA) is 75.7 Å². The second-order valence-electron chi connectivity index (χ2n) is 7.22. The molecular weight excluding hydrogens is 368 g/mol. The highest BCUT2D eigenvalue weighted by molar-refractivity contribution is 5.96. The van der Waals surface area contributed by atoms with Crippen molar-refractivity contribution in [3.63, 3.8) is 0 Å². The lowest BCUT2D eigenvalue weighted by Crippen LogP contribution is -2.44. The number of carbonyl (C=O) groups excluding carboxylic acids is 3. The summed E-state index contributed by atoms with van der Waals surface area (Å²) in [7, 11) is 0. The Labute approximate surface area is 170 Å². The number of esters is 1. The van der Waals surface area contributed by atoms with E-state index in [1.54, 1.807) is 17.0 Å². The number of nitrogens with one attached hydrogen (secondary N) is 1. The zero-order chi connectivity index (χ0) is 20.6. The molecular formula is C23H26N2O4. The molecule has 1 atom stereocenters. The van der Waals surface area contributed by atoms with E-state index in [1.165, 1.54) is 0 Å². The summed E-state index contributed by atoms with van der Waals surface area (Å²) in [5.41, 5.74) is 2.53. The van der Waals surface area contributed by atoms with Crippen LogP contribution in [0, 0.1) is 0 Å². The van der Waals surface area contributed by atoms with Crippen LogP contribution in [0.3, 0.4) is 0 Å². The maximum Gasteiger partial charge on any atom is 0.325 e. The van der Waals surface area contributed by atoms with Crippen LogP contribution in [0.2, 0.25) is 0 Å². The van der Waals surface area contributed by atoms with Gasteiger partial charge in [0.15, 0.2) is 6.61 Å². The Hall–Kier alpha value is -3.15. The number of nitrogens with zero attached hydrogens (tertiary/aromatic N) is 1. The predicted octanol–water partition coefficient (Wildman–Crippen LogP) is 3.03. The fourth-order valence-corrected chi connectivity index (χ4v) is 3.44. The maximum absolute atomic E-state index is 12.2. The molecule has 0 radical (unpaired) electrons. The second-order valence-corrected chi connectivity index (χ2v) is 7.22. The Balaban J connectivity index is 1.44. The van der Waals surface area contributed by atoms with Gasteiger partial charge in [-0.3, -0.25) is 14.4 Å². The smallest absolute Gasteiger partial charge is 0.325 e. The number of ether oxygens (including phenoxy) is 1. The normalized spacial score (nSPS) is 16.2. The molecule has 29 heavy (non-hydrogen) atoms. The first kappa shape index (κ1) is 20.6. The third kappa shape index (κ3) is 5.67. The first-order valence-corrected chi connectivity index (χ1v) is 9.93. The Bertz CT molecular complexity index is 849. The molecule has 0 aromatic heterocycles. The molecule has 0 saturated carbocycles. The maximum atomic E-state index is 12.2. The fourth-order valence-electron chi connectivity index (χ4n) is 3.44. The minimum Gasteiger partial charge on any atom is -0.454 e. The standard InChI is InChI=1S/C23H26N2O4/c1-17-7-5-6-14-25(17)21(26)16-29-22(27)15-24-23(28)20-12-10-19(11-13-20)18-8-3-2-4-9-18/h2-4,8-13,17H,5-7,14-16H2,1H3,(H,24,28)/t17-/m0/s1. The summed E-state index contributed by atoms with van der Waals surface area (Å²) >= 11 is 0. The molecule has 1 saturated heterocycles. The van der Waals surface area contributed by atoms with Crippen molar-refractivity contribution in [1.29, 1.82) is 0 Å². The molecule has 3 rings (SSSR count). The monoisotopic (exact) mass is 394 g/mol. The molecule has 6 heteroatoms. The molecule has 2 amide bonds. The third-order valence-corrected chi connectivity index (χ3v) is 5.13. The van der Waals surface area contributed by atoms with E-state index < -0.39 is 5.97 Å². The highest BCUT2D eigenvalue weighted by atomic mass is 16.5. The van der Waals surface area contributed by atoms with E-state index in [0.717, 1.165) is 30.4 Å². The van der Waals surface area contributed by atoms with E-state index in [2.05, 4.69) is 5.32 Å². The zero-order valence-corrected chi connectivity index (χ0v) is 16.6.